The molecule has 0 aliphatic rings. The van der Waals surface area contributed by atoms with Crippen molar-refractivity contribution in [3.63, 3.8) is 0 Å². The van der Waals surface area contributed by atoms with Crippen LogP contribution in [0.4, 0.5) is 0 Å². The Hall–Kier alpha value is -2.86. The zero-order valence-corrected chi connectivity index (χ0v) is 15.7. The summed E-state index contributed by atoms with van der Waals surface area (Å²) in [7, 11) is 1.92. The summed E-state index contributed by atoms with van der Waals surface area (Å²) in [6.45, 7) is 4.55. The van der Waals surface area contributed by atoms with E-state index in [4.69, 9.17) is 4.74 Å². The number of hydrogen-bond acceptors (Lipinski definition) is 4. The predicted octanol–water partition coefficient (Wildman–Crippen LogP) is 3.98. The Morgan fingerprint density at radius 2 is 2.00 bits per heavy atom. The highest BCUT2D eigenvalue weighted by Crippen LogP contribution is 2.21. The van der Waals surface area contributed by atoms with Gasteiger partial charge in [-0.1, -0.05) is 0 Å². The molecule has 26 heavy (non-hydrogen) atoms. The smallest absolute Gasteiger partial charge is 0.258 e. The van der Waals surface area contributed by atoms with E-state index in [1.165, 1.54) is 10.9 Å². The van der Waals surface area contributed by atoms with Crippen LogP contribution in [0.1, 0.15) is 16.1 Å². The highest BCUT2D eigenvalue weighted by molar-refractivity contribution is 7.10. The predicted molar refractivity (Wildman–Crippen MR) is 104 cm³/mol. The van der Waals surface area contributed by atoms with Crippen molar-refractivity contribution in [2.75, 3.05) is 0 Å². The SMILES string of the molecule is Cc1cc(COc2ccn(-c3ccc4nn(C)c(C)c4c3)c(=O)c2)cs1. The van der Waals surface area contributed by atoms with Crippen molar-refractivity contribution < 1.29 is 4.74 Å². The molecule has 0 saturated carbocycles. The monoisotopic (exact) mass is 365 g/mol. The topological polar surface area (TPSA) is 49.0 Å². The van der Waals surface area contributed by atoms with Crippen LogP contribution in [0, 0.1) is 13.8 Å². The molecule has 0 aliphatic carbocycles. The molecule has 4 aromatic rings. The summed E-state index contributed by atoms with van der Waals surface area (Å²) < 4.78 is 9.22. The average Bonchev–Trinajstić information content (AvgIpc) is 3.16. The molecular formula is C20H19N3O2S. The van der Waals surface area contributed by atoms with E-state index in [0.717, 1.165) is 27.8 Å². The fourth-order valence-electron chi connectivity index (χ4n) is 2.97. The first-order valence-electron chi connectivity index (χ1n) is 8.34. The number of rotatable bonds is 4. The number of hydrogen-bond donors (Lipinski definition) is 0. The second-order valence-corrected chi connectivity index (χ2v) is 7.45. The number of pyridine rings is 1. The van der Waals surface area contributed by atoms with Gasteiger partial charge in [-0.05, 0) is 49.6 Å². The van der Waals surface area contributed by atoms with Crippen LogP contribution >= 0.6 is 11.3 Å². The normalized spacial score (nSPS) is 11.2. The number of fused-ring (bicyclic) bond motifs is 1. The first kappa shape index (κ1) is 16.6. The van der Waals surface area contributed by atoms with Crippen LogP contribution < -0.4 is 10.3 Å². The Balaban J connectivity index is 1.61. The number of aromatic nitrogens is 3. The molecule has 0 atom stereocenters. The fourth-order valence-corrected chi connectivity index (χ4v) is 3.66. The van der Waals surface area contributed by atoms with Gasteiger partial charge in [0.1, 0.15) is 12.4 Å². The minimum absolute atomic E-state index is 0.120. The molecule has 0 amide bonds. The molecule has 6 heteroatoms. The number of aryl methyl sites for hydroxylation is 3. The van der Waals surface area contributed by atoms with Gasteiger partial charge in [0, 0.05) is 46.5 Å². The van der Waals surface area contributed by atoms with Crippen LogP contribution in [0.5, 0.6) is 5.75 Å². The molecule has 0 spiro atoms. The Morgan fingerprint density at radius 3 is 2.73 bits per heavy atom. The van der Waals surface area contributed by atoms with Crippen LogP contribution in [0.3, 0.4) is 0 Å². The summed E-state index contributed by atoms with van der Waals surface area (Å²) in [6, 6.07) is 11.3. The average molecular weight is 365 g/mol. The van der Waals surface area contributed by atoms with Gasteiger partial charge in [-0.25, -0.2) is 0 Å². The van der Waals surface area contributed by atoms with E-state index in [1.54, 1.807) is 22.1 Å². The van der Waals surface area contributed by atoms with Gasteiger partial charge in [0.2, 0.25) is 0 Å². The molecule has 3 aromatic heterocycles. The largest absolute Gasteiger partial charge is 0.489 e. The van der Waals surface area contributed by atoms with Gasteiger partial charge in [0.15, 0.2) is 0 Å². The van der Waals surface area contributed by atoms with E-state index >= 15 is 0 Å². The third-order valence-electron chi connectivity index (χ3n) is 4.47. The second-order valence-electron chi connectivity index (χ2n) is 6.34. The van der Waals surface area contributed by atoms with Crippen molar-refractivity contribution in [2.45, 2.75) is 20.5 Å². The lowest BCUT2D eigenvalue weighted by molar-refractivity contribution is 0.305. The minimum atomic E-state index is -0.120. The van der Waals surface area contributed by atoms with E-state index in [9.17, 15) is 4.79 Å². The second kappa shape index (κ2) is 6.46. The van der Waals surface area contributed by atoms with E-state index in [-0.39, 0.29) is 5.56 Å². The Morgan fingerprint density at radius 1 is 1.15 bits per heavy atom. The Bertz CT molecular complexity index is 1150. The van der Waals surface area contributed by atoms with Gasteiger partial charge >= 0.3 is 0 Å². The lowest BCUT2D eigenvalue weighted by atomic mass is 10.2. The van der Waals surface area contributed by atoms with Crippen LogP contribution in [0.2, 0.25) is 0 Å². The maximum atomic E-state index is 12.5. The van der Waals surface area contributed by atoms with Gasteiger partial charge in [0.25, 0.3) is 5.56 Å². The van der Waals surface area contributed by atoms with Gasteiger partial charge in [-0.15, -0.1) is 11.3 Å². The molecule has 132 valence electrons. The van der Waals surface area contributed by atoms with Crippen molar-refractivity contribution >= 4 is 22.2 Å². The molecular weight excluding hydrogens is 346 g/mol. The number of benzene rings is 1. The van der Waals surface area contributed by atoms with Crippen molar-refractivity contribution in [1.82, 2.24) is 14.3 Å². The fraction of sp³-hybridized carbons (Fsp3) is 0.200. The third-order valence-corrected chi connectivity index (χ3v) is 5.38. The standard InChI is InChI=1S/C20H19N3O2S/c1-13-8-15(12-26-13)11-25-17-6-7-23(20(24)10-17)16-4-5-19-18(9-16)14(2)22(3)21-19/h4-10,12H,11H2,1-3H3. The lowest BCUT2D eigenvalue weighted by Gasteiger charge is -2.09. The Kier molecular flexibility index (Phi) is 4.12. The third kappa shape index (κ3) is 3.04. The van der Waals surface area contributed by atoms with E-state index < -0.39 is 0 Å². The van der Waals surface area contributed by atoms with Gasteiger partial charge in [0.05, 0.1) is 5.52 Å². The van der Waals surface area contributed by atoms with E-state index in [1.807, 2.05) is 42.9 Å². The highest BCUT2D eigenvalue weighted by atomic mass is 32.1. The molecule has 0 N–H and O–H groups in total. The maximum absolute atomic E-state index is 12.5. The summed E-state index contributed by atoms with van der Waals surface area (Å²) >= 11 is 1.69. The lowest BCUT2D eigenvalue weighted by Crippen LogP contribution is -2.16. The quantitative estimate of drug-likeness (QED) is 0.550. The maximum Gasteiger partial charge on any atom is 0.258 e. The van der Waals surface area contributed by atoms with Crippen molar-refractivity contribution in [3.05, 3.63) is 74.5 Å². The summed E-state index contributed by atoms with van der Waals surface area (Å²) in [5, 5.41) is 7.57. The molecule has 0 saturated heterocycles. The zero-order chi connectivity index (χ0) is 18.3. The van der Waals surface area contributed by atoms with Crippen LogP contribution in [-0.4, -0.2) is 14.3 Å². The summed E-state index contributed by atoms with van der Waals surface area (Å²) in [4.78, 5) is 13.8. The number of ether oxygens (including phenoxy) is 1. The highest BCUT2D eigenvalue weighted by Gasteiger charge is 2.08. The molecule has 0 unspecified atom stereocenters. The molecule has 4 rings (SSSR count). The minimum Gasteiger partial charge on any atom is -0.489 e. The van der Waals surface area contributed by atoms with Gasteiger partial charge in [-0.3, -0.25) is 14.0 Å². The summed E-state index contributed by atoms with van der Waals surface area (Å²) in [5.74, 6) is 0.578. The number of nitrogens with zero attached hydrogens (tertiary/aromatic N) is 3. The molecule has 3 heterocycles. The van der Waals surface area contributed by atoms with E-state index in [2.05, 4.69) is 23.5 Å². The van der Waals surface area contributed by atoms with Crippen LogP contribution in [0.15, 0.2) is 52.8 Å². The molecule has 0 aliphatic heterocycles. The Labute approximate surface area is 155 Å². The van der Waals surface area contributed by atoms with Crippen LogP contribution in [-0.2, 0) is 13.7 Å². The molecule has 1 aromatic carbocycles. The van der Waals surface area contributed by atoms with Crippen molar-refractivity contribution in [2.24, 2.45) is 7.05 Å². The molecule has 0 fully saturated rings. The first-order valence-corrected chi connectivity index (χ1v) is 9.22. The molecule has 5 nitrogen and oxygen atoms in total. The summed E-state index contributed by atoms with van der Waals surface area (Å²) in [6.07, 6.45) is 1.75. The number of thiophene rings is 1. The van der Waals surface area contributed by atoms with Gasteiger partial charge < -0.3 is 4.74 Å². The van der Waals surface area contributed by atoms with Crippen molar-refractivity contribution in [3.8, 4) is 11.4 Å². The molecule has 0 radical (unpaired) electrons. The van der Waals surface area contributed by atoms with E-state index in [0.29, 0.717) is 12.4 Å². The summed E-state index contributed by atoms with van der Waals surface area (Å²) in [5.41, 5.74) is 3.81. The first-order chi connectivity index (χ1) is 12.5. The van der Waals surface area contributed by atoms with Gasteiger partial charge in [-0.2, -0.15) is 5.10 Å². The van der Waals surface area contributed by atoms with Crippen molar-refractivity contribution in [1.29, 1.82) is 0 Å². The zero-order valence-electron chi connectivity index (χ0n) is 14.9. The molecule has 0 bridgehead atoms. The van der Waals surface area contributed by atoms with Crippen LogP contribution in [0.25, 0.3) is 16.6 Å².